The second-order valence-electron chi connectivity index (χ2n) is 3.77. The summed E-state index contributed by atoms with van der Waals surface area (Å²) in [6.45, 7) is 1.55. The summed E-state index contributed by atoms with van der Waals surface area (Å²) in [6.07, 6.45) is -5.31. The second-order valence-corrected chi connectivity index (χ2v) is 3.77. The quantitative estimate of drug-likeness (QED) is 0.797. The molecule has 1 atom stereocenters. The van der Waals surface area contributed by atoms with Crippen LogP contribution in [0.1, 0.15) is 30.0 Å². The third kappa shape index (κ3) is 3.81. The Hall–Kier alpha value is -1.10. The molecule has 5 heteroatoms. The Labute approximate surface area is 91.3 Å². The molecule has 0 aliphatic rings. The Morgan fingerprint density at radius 3 is 2.44 bits per heavy atom. The highest BCUT2D eigenvalue weighted by molar-refractivity contribution is 5.26. The zero-order chi connectivity index (χ0) is 12.3. The first-order valence-corrected chi connectivity index (χ1v) is 4.88. The zero-order valence-corrected chi connectivity index (χ0v) is 8.81. The number of hydrogen-bond donors (Lipinski definition) is 1. The second kappa shape index (κ2) is 4.82. The van der Waals surface area contributed by atoms with Crippen LogP contribution in [-0.4, -0.2) is 6.18 Å². The van der Waals surface area contributed by atoms with Crippen LogP contribution in [0.2, 0.25) is 0 Å². The maximum atomic E-state index is 12.9. The minimum Gasteiger partial charge on any atom is -0.324 e. The van der Waals surface area contributed by atoms with Gasteiger partial charge in [0.2, 0.25) is 0 Å². The van der Waals surface area contributed by atoms with Crippen molar-refractivity contribution in [2.24, 2.45) is 5.73 Å². The molecule has 0 saturated carbocycles. The van der Waals surface area contributed by atoms with E-state index in [2.05, 4.69) is 0 Å². The number of nitrogens with two attached hydrogens (primary N) is 1. The minimum atomic E-state index is -4.20. The van der Waals surface area contributed by atoms with E-state index >= 15 is 0 Å². The topological polar surface area (TPSA) is 26.0 Å². The maximum absolute atomic E-state index is 12.9. The Morgan fingerprint density at radius 2 is 1.94 bits per heavy atom. The Balaban J connectivity index is 2.66. The molecule has 0 radical (unpaired) electrons. The van der Waals surface area contributed by atoms with Gasteiger partial charge in [-0.15, -0.1) is 0 Å². The Morgan fingerprint density at radius 1 is 1.31 bits per heavy atom. The number of halogens is 4. The molecular formula is C11H13F4N. The number of alkyl halides is 3. The molecular weight excluding hydrogens is 222 g/mol. The third-order valence-electron chi connectivity index (χ3n) is 2.35. The van der Waals surface area contributed by atoms with Gasteiger partial charge in [0, 0.05) is 12.5 Å². The van der Waals surface area contributed by atoms with E-state index in [1.54, 1.807) is 6.92 Å². The van der Waals surface area contributed by atoms with Crippen molar-refractivity contribution in [3.8, 4) is 0 Å². The van der Waals surface area contributed by atoms with Crippen molar-refractivity contribution >= 4 is 0 Å². The molecule has 0 fully saturated rings. The summed E-state index contributed by atoms with van der Waals surface area (Å²) in [5.41, 5.74) is 6.52. The summed E-state index contributed by atoms with van der Waals surface area (Å²) in [6, 6.07) is 3.42. The summed E-state index contributed by atoms with van der Waals surface area (Å²) < 4.78 is 48.8. The van der Waals surface area contributed by atoms with Crippen LogP contribution >= 0.6 is 0 Å². The average molecular weight is 235 g/mol. The van der Waals surface area contributed by atoms with Crippen LogP contribution in [0, 0.1) is 12.7 Å². The van der Waals surface area contributed by atoms with E-state index < -0.39 is 18.6 Å². The molecule has 2 N–H and O–H groups in total. The van der Waals surface area contributed by atoms with Crippen molar-refractivity contribution in [3.63, 3.8) is 0 Å². The van der Waals surface area contributed by atoms with E-state index in [0.29, 0.717) is 11.1 Å². The molecule has 0 bridgehead atoms. The molecule has 16 heavy (non-hydrogen) atoms. The molecule has 1 rings (SSSR count). The Kier molecular flexibility index (Phi) is 3.91. The summed E-state index contributed by atoms with van der Waals surface area (Å²) in [5, 5.41) is 0. The van der Waals surface area contributed by atoms with Crippen molar-refractivity contribution < 1.29 is 17.6 Å². The molecule has 1 nitrogen and oxygen atoms in total. The van der Waals surface area contributed by atoms with E-state index in [0.717, 1.165) is 0 Å². The van der Waals surface area contributed by atoms with Crippen LogP contribution in [0.4, 0.5) is 17.6 Å². The van der Waals surface area contributed by atoms with Crippen molar-refractivity contribution in [1.82, 2.24) is 0 Å². The van der Waals surface area contributed by atoms with Gasteiger partial charge in [0.05, 0.1) is 0 Å². The molecule has 0 saturated heterocycles. The highest BCUT2D eigenvalue weighted by Crippen LogP contribution is 2.26. The summed E-state index contributed by atoms with van der Waals surface area (Å²) in [4.78, 5) is 0. The van der Waals surface area contributed by atoms with Gasteiger partial charge in [-0.1, -0.05) is 12.1 Å². The van der Waals surface area contributed by atoms with Crippen LogP contribution in [0.3, 0.4) is 0 Å². The monoisotopic (exact) mass is 235 g/mol. The lowest BCUT2D eigenvalue weighted by Gasteiger charge is -2.14. The van der Waals surface area contributed by atoms with Crippen LogP contribution < -0.4 is 5.73 Å². The fraction of sp³-hybridized carbons (Fsp3) is 0.455. The van der Waals surface area contributed by atoms with Gasteiger partial charge in [0.1, 0.15) is 5.82 Å². The zero-order valence-electron chi connectivity index (χ0n) is 8.81. The molecule has 1 aromatic rings. The molecule has 0 aromatic heterocycles. The maximum Gasteiger partial charge on any atom is 0.389 e. The SMILES string of the molecule is Cc1cc(C(N)CCC(F)(F)F)ccc1F. The number of benzene rings is 1. The predicted octanol–water partition coefficient (Wildman–Crippen LogP) is 3.48. The van der Waals surface area contributed by atoms with Gasteiger partial charge in [0.25, 0.3) is 0 Å². The first kappa shape index (κ1) is 13.0. The lowest BCUT2D eigenvalue weighted by Crippen LogP contribution is -2.16. The molecule has 0 aliphatic carbocycles. The molecule has 0 amide bonds. The molecule has 0 heterocycles. The summed E-state index contributed by atoms with van der Waals surface area (Å²) in [5.74, 6) is -0.383. The van der Waals surface area contributed by atoms with Crippen LogP contribution in [0.15, 0.2) is 18.2 Å². The van der Waals surface area contributed by atoms with E-state index in [9.17, 15) is 17.6 Å². The van der Waals surface area contributed by atoms with Crippen molar-refractivity contribution in [2.45, 2.75) is 32.0 Å². The van der Waals surface area contributed by atoms with Gasteiger partial charge in [-0.3, -0.25) is 0 Å². The van der Waals surface area contributed by atoms with Crippen LogP contribution in [-0.2, 0) is 0 Å². The highest BCUT2D eigenvalue weighted by atomic mass is 19.4. The number of rotatable bonds is 3. The van der Waals surface area contributed by atoms with E-state index in [1.165, 1.54) is 18.2 Å². The average Bonchev–Trinajstić information content (AvgIpc) is 2.17. The van der Waals surface area contributed by atoms with Crippen molar-refractivity contribution in [2.75, 3.05) is 0 Å². The van der Waals surface area contributed by atoms with Gasteiger partial charge in [-0.25, -0.2) is 4.39 Å². The van der Waals surface area contributed by atoms with Crippen molar-refractivity contribution in [3.05, 3.63) is 35.1 Å². The lowest BCUT2D eigenvalue weighted by atomic mass is 10.0. The van der Waals surface area contributed by atoms with Gasteiger partial charge >= 0.3 is 6.18 Å². The molecule has 0 aliphatic heterocycles. The van der Waals surface area contributed by atoms with Gasteiger partial charge in [-0.05, 0) is 30.5 Å². The summed E-state index contributed by atoms with van der Waals surface area (Å²) >= 11 is 0. The van der Waals surface area contributed by atoms with Gasteiger partial charge < -0.3 is 5.73 Å². The molecule has 0 spiro atoms. The fourth-order valence-electron chi connectivity index (χ4n) is 1.38. The van der Waals surface area contributed by atoms with E-state index in [-0.39, 0.29) is 12.2 Å². The standard InChI is InChI=1S/C11H13F4N/c1-7-6-8(2-3-9(7)12)10(16)4-5-11(13,14)15/h2-3,6,10H,4-5,16H2,1H3. The molecule has 1 unspecified atom stereocenters. The first-order valence-electron chi connectivity index (χ1n) is 4.88. The van der Waals surface area contributed by atoms with E-state index in [1.807, 2.05) is 0 Å². The van der Waals surface area contributed by atoms with Crippen molar-refractivity contribution in [1.29, 1.82) is 0 Å². The largest absolute Gasteiger partial charge is 0.389 e. The normalized spacial score (nSPS) is 13.9. The van der Waals surface area contributed by atoms with Gasteiger partial charge in [0.15, 0.2) is 0 Å². The lowest BCUT2D eigenvalue weighted by molar-refractivity contribution is -0.136. The molecule has 90 valence electrons. The van der Waals surface area contributed by atoms with Gasteiger partial charge in [-0.2, -0.15) is 13.2 Å². The third-order valence-corrected chi connectivity index (χ3v) is 2.35. The number of hydrogen-bond acceptors (Lipinski definition) is 1. The Bertz CT molecular complexity index is 359. The fourth-order valence-corrected chi connectivity index (χ4v) is 1.38. The predicted molar refractivity (Wildman–Crippen MR) is 53.4 cm³/mol. The minimum absolute atomic E-state index is 0.186. The molecule has 1 aromatic carbocycles. The highest BCUT2D eigenvalue weighted by Gasteiger charge is 2.27. The number of aryl methyl sites for hydroxylation is 1. The van der Waals surface area contributed by atoms with Crippen LogP contribution in [0.25, 0.3) is 0 Å². The van der Waals surface area contributed by atoms with E-state index in [4.69, 9.17) is 5.73 Å². The van der Waals surface area contributed by atoms with Crippen LogP contribution in [0.5, 0.6) is 0 Å². The smallest absolute Gasteiger partial charge is 0.324 e. The summed E-state index contributed by atoms with van der Waals surface area (Å²) in [7, 11) is 0. The first-order chi connectivity index (χ1) is 7.29.